The van der Waals surface area contributed by atoms with Gasteiger partial charge < -0.3 is 5.73 Å². The summed E-state index contributed by atoms with van der Waals surface area (Å²) in [6, 6.07) is 15.7. The lowest BCUT2D eigenvalue weighted by Crippen LogP contribution is -2.10. The molecule has 92 valence electrons. The summed E-state index contributed by atoms with van der Waals surface area (Å²) in [7, 11) is 0. The highest BCUT2D eigenvalue weighted by molar-refractivity contribution is 7.98. The molecule has 4 heteroatoms. The summed E-state index contributed by atoms with van der Waals surface area (Å²) in [5.74, 6) is 0.847. The molecule has 0 heterocycles. The maximum Gasteiger partial charge on any atom is 0.122 e. The number of rotatable bonds is 4. The standard InChI is InChI=1S/C14H13ClN2S/c15-13-8-10(14(16)17)6-7-11(13)9-18-12-4-2-1-3-5-12/h1-8H,9H2,(H3,16,17). The van der Waals surface area contributed by atoms with E-state index in [1.165, 1.54) is 4.90 Å². The molecule has 0 amide bonds. The van der Waals surface area contributed by atoms with Gasteiger partial charge in [0.05, 0.1) is 0 Å². The zero-order chi connectivity index (χ0) is 13.0. The van der Waals surface area contributed by atoms with Crippen LogP contribution in [-0.2, 0) is 5.75 Å². The minimum atomic E-state index is 0.0409. The Kier molecular flexibility index (Phi) is 4.28. The van der Waals surface area contributed by atoms with Gasteiger partial charge >= 0.3 is 0 Å². The first-order chi connectivity index (χ1) is 8.66. The number of thioether (sulfide) groups is 1. The Hall–Kier alpha value is -1.45. The van der Waals surface area contributed by atoms with Crippen LogP contribution in [-0.4, -0.2) is 5.84 Å². The second-order valence-corrected chi connectivity index (χ2v) is 5.28. The van der Waals surface area contributed by atoms with Crippen LogP contribution in [0.1, 0.15) is 11.1 Å². The van der Waals surface area contributed by atoms with Crippen molar-refractivity contribution in [2.45, 2.75) is 10.6 Å². The number of amidine groups is 1. The van der Waals surface area contributed by atoms with E-state index in [4.69, 9.17) is 22.7 Å². The van der Waals surface area contributed by atoms with Gasteiger partial charge in [0.15, 0.2) is 0 Å². The van der Waals surface area contributed by atoms with Gasteiger partial charge in [-0.25, -0.2) is 0 Å². The number of nitrogen functional groups attached to an aromatic ring is 1. The first-order valence-electron chi connectivity index (χ1n) is 5.47. The van der Waals surface area contributed by atoms with Crippen LogP contribution in [0.25, 0.3) is 0 Å². The molecule has 0 fully saturated rings. The average molecular weight is 277 g/mol. The van der Waals surface area contributed by atoms with Crippen LogP contribution in [0.4, 0.5) is 0 Å². The van der Waals surface area contributed by atoms with Crippen LogP contribution in [0.3, 0.4) is 0 Å². The minimum absolute atomic E-state index is 0.0409. The van der Waals surface area contributed by atoms with Crippen molar-refractivity contribution in [2.75, 3.05) is 0 Å². The highest BCUT2D eigenvalue weighted by atomic mass is 35.5. The van der Waals surface area contributed by atoms with Gasteiger partial charge in [-0.2, -0.15) is 0 Å². The van der Waals surface area contributed by atoms with E-state index < -0.39 is 0 Å². The summed E-state index contributed by atoms with van der Waals surface area (Å²) >= 11 is 7.91. The number of hydrogen-bond acceptors (Lipinski definition) is 2. The number of nitrogens with two attached hydrogens (primary N) is 1. The molecule has 0 aromatic heterocycles. The normalized spacial score (nSPS) is 10.3. The Balaban J connectivity index is 2.08. The van der Waals surface area contributed by atoms with Crippen LogP contribution in [0.2, 0.25) is 5.02 Å². The van der Waals surface area contributed by atoms with E-state index in [1.807, 2.05) is 30.3 Å². The fourth-order valence-corrected chi connectivity index (χ4v) is 2.76. The summed E-state index contributed by atoms with van der Waals surface area (Å²) in [6.07, 6.45) is 0. The first-order valence-corrected chi connectivity index (χ1v) is 6.84. The van der Waals surface area contributed by atoms with Crippen LogP contribution in [0.15, 0.2) is 53.4 Å². The van der Waals surface area contributed by atoms with Gasteiger partial charge in [-0.3, -0.25) is 5.41 Å². The van der Waals surface area contributed by atoms with Crippen molar-refractivity contribution in [3.63, 3.8) is 0 Å². The smallest absolute Gasteiger partial charge is 0.122 e. The Morgan fingerprint density at radius 1 is 1.17 bits per heavy atom. The largest absolute Gasteiger partial charge is 0.384 e. The summed E-state index contributed by atoms with van der Waals surface area (Å²) in [6.45, 7) is 0. The van der Waals surface area contributed by atoms with Crippen LogP contribution in [0, 0.1) is 5.41 Å². The molecule has 18 heavy (non-hydrogen) atoms. The van der Waals surface area contributed by atoms with Crippen molar-refractivity contribution in [1.29, 1.82) is 5.41 Å². The third-order valence-electron chi connectivity index (χ3n) is 2.50. The SMILES string of the molecule is N=C(N)c1ccc(CSc2ccccc2)c(Cl)c1. The van der Waals surface area contributed by atoms with Crippen molar-refractivity contribution < 1.29 is 0 Å². The van der Waals surface area contributed by atoms with Gasteiger partial charge in [-0.05, 0) is 23.8 Å². The first kappa shape index (κ1) is 13.0. The maximum absolute atomic E-state index is 7.35. The molecule has 2 aromatic rings. The van der Waals surface area contributed by atoms with E-state index in [2.05, 4.69) is 12.1 Å². The quantitative estimate of drug-likeness (QED) is 0.505. The van der Waals surface area contributed by atoms with Gasteiger partial charge in [0.2, 0.25) is 0 Å². The van der Waals surface area contributed by atoms with E-state index in [0.29, 0.717) is 10.6 Å². The number of halogens is 1. The molecule has 2 rings (SSSR count). The monoisotopic (exact) mass is 276 g/mol. The topological polar surface area (TPSA) is 49.9 Å². The number of nitrogens with one attached hydrogen (secondary N) is 1. The molecule has 0 aliphatic carbocycles. The van der Waals surface area contributed by atoms with Crippen LogP contribution < -0.4 is 5.73 Å². The van der Waals surface area contributed by atoms with Crippen LogP contribution in [0.5, 0.6) is 0 Å². The third kappa shape index (κ3) is 3.28. The predicted octanol–water partition coefficient (Wildman–Crippen LogP) is 3.92. The molecular weight excluding hydrogens is 264 g/mol. The van der Waals surface area contributed by atoms with E-state index in [-0.39, 0.29) is 5.84 Å². The highest BCUT2D eigenvalue weighted by Gasteiger charge is 2.04. The zero-order valence-corrected chi connectivity index (χ0v) is 11.3. The second kappa shape index (κ2) is 5.94. The van der Waals surface area contributed by atoms with E-state index in [0.717, 1.165) is 11.3 Å². The molecule has 0 saturated heterocycles. The van der Waals surface area contributed by atoms with Crippen molar-refractivity contribution in [2.24, 2.45) is 5.73 Å². The zero-order valence-electron chi connectivity index (χ0n) is 9.69. The Bertz CT molecular complexity index is 555. The van der Waals surface area contributed by atoms with E-state index >= 15 is 0 Å². The van der Waals surface area contributed by atoms with Gasteiger partial charge in [0, 0.05) is 21.2 Å². The van der Waals surface area contributed by atoms with Crippen molar-refractivity contribution in [1.82, 2.24) is 0 Å². The minimum Gasteiger partial charge on any atom is -0.384 e. The molecule has 0 radical (unpaired) electrons. The number of benzene rings is 2. The third-order valence-corrected chi connectivity index (χ3v) is 3.91. The van der Waals surface area contributed by atoms with Gasteiger partial charge in [0.1, 0.15) is 5.84 Å². The lowest BCUT2D eigenvalue weighted by molar-refractivity contribution is 1.36. The molecule has 0 aliphatic rings. The molecule has 0 atom stereocenters. The van der Waals surface area contributed by atoms with Gasteiger partial charge in [-0.15, -0.1) is 11.8 Å². The molecule has 0 unspecified atom stereocenters. The summed E-state index contributed by atoms with van der Waals surface area (Å²) < 4.78 is 0. The average Bonchev–Trinajstić information content (AvgIpc) is 2.38. The predicted molar refractivity (Wildman–Crippen MR) is 78.5 cm³/mol. The second-order valence-electron chi connectivity index (χ2n) is 3.82. The molecular formula is C14H13ClN2S. The Labute approximate surface area is 116 Å². The Morgan fingerprint density at radius 2 is 1.89 bits per heavy atom. The van der Waals surface area contributed by atoms with Crippen molar-refractivity contribution in [3.8, 4) is 0 Å². The molecule has 0 saturated carbocycles. The van der Waals surface area contributed by atoms with Crippen molar-refractivity contribution in [3.05, 3.63) is 64.7 Å². The molecule has 2 aromatic carbocycles. The van der Waals surface area contributed by atoms with Gasteiger partial charge in [0.25, 0.3) is 0 Å². The fraction of sp³-hybridized carbons (Fsp3) is 0.0714. The lowest BCUT2D eigenvalue weighted by Gasteiger charge is -2.06. The van der Waals surface area contributed by atoms with E-state index in [1.54, 1.807) is 17.8 Å². The molecule has 3 N–H and O–H groups in total. The fourth-order valence-electron chi connectivity index (χ4n) is 1.51. The lowest BCUT2D eigenvalue weighted by atomic mass is 10.1. The molecule has 0 bridgehead atoms. The summed E-state index contributed by atoms with van der Waals surface area (Å²) in [5, 5.41) is 8.01. The molecule has 2 nitrogen and oxygen atoms in total. The summed E-state index contributed by atoms with van der Waals surface area (Å²) in [4.78, 5) is 1.21. The molecule has 0 aliphatic heterocycles. The Morgan fingerprint density at radius 3 is 2.50 bits per heavy atom. The highest BCUT2D eigenvalue weighted by Crippen LogP contribution is 2.27. The van der Waals surface area contributed by atoms with Crippen molar-refractivity contribution >= 4 is 29.2 Å². The number of hydrogen-bond donors (Lipinski definition) is 2. The molecule has 0 spiro atoms. The summed E-state index contributed by atoms with van der Waals surface area (Å²) in [5.41, 5.74) is 7.13. The van der Waals surface area contributed by atoms with Crippen LogP contribution >= 0.6 is 23.4 Å². The van der Waals surface area contributed by atoms with Gasteiger partial charge in [-0.1, -0.05) is 41.9 Å². The van der Waals surface area contributed by atoms with E-state index in [9.17, 15) is 0 Å². The maximum atomic E-state index is 7.35.